The highest BCUT2D eigenvalue weighted by atomic mass is 16.5. The largest absolute Gasteiger partial charge is 0.507 e. The third kappa shape index (κ3) is 4.87. The molecular formula is C31H29NO5. The maximum absolute atomic E-state index is 13.4. The number of likely N-dealkylation sites (tertiary alicyclic amines) is 1. The molecular weight excluding hydrogens is 466 g/mol. The van der Waals surface area contributed by atoms with Crippen LogP contribution in [0.25, 0.3) is 5.76 Å². The summed E-state index contributed by atoms with van der Waals surface area (Å²) in [5.41, 5.74) is 3.27. The van der Waals surface area contributed by atoms with Crippen LogP contribution in [0, 0.1) is 0 Å². The van der Waals surface area contributed by atoms with Gasteiger partial charge in [0.2, 0.25) is 0 Å². The van der Waals surface area contributed by atoms with E-state index in [1.54, 1.807) is 29.2 Å². The Kier molecular flexibility index (Phi) is 6.82. The van der Waals surface area contributed by atoms with Crippen LogP contribution in [0.1, 0.15) is 35.2 Å². The van der Waals surface area contributed by atoms with Crippen LogP contribution in [0.4, 0.5) is 0 Å². The predicted molar refractivity (Wildman–Crippen MR) is 142 cm³/mol. The average Bonchev–Trinajstić information content (AvgIpc) is 3.41. The molecule has 0 aliphatic carbocycles. The van der Waals surface area contributed by atoms with E-state index in [0.29, 0.717) is 42.9 Å². The fourth-order valence-electron chi connectivity index (χ4n) is 5.01. The van der Waals surface area contributed by atoms with Crippen LogP contribution in [-0.2, 0) is 22.4 Å². The average molecular weight is 496 g/mol. The highest BCUT2D eigenvalue weighted by molar-refractivity contribution is 6.46. The number of aliphatic hydroxyl groups excluding tert-OH is 1. The first-order chi connectivity index (χ1) is 18.0. The molecule has 2 atom stereocenters. The van der Waals surface area contributed by atoms with Crippen LogP contribution in [0.5, 0.6) is 11.5 Å². The van der Waals surface area contributed by atoms with Gasteiger partial charge in [-0.3, -0.25) is 9.59 Å². The van der Waals surface area contributed by atoms with Crippen LogP contribution in [0.2, 0.25) is 0 Å². The van der Waals surface area contributed by atoms with Crippen LogP contribution in [-0.4, -0.2) is 41.0 Å². The normalized spacial score (nSPS) is 20.0. The molecule has 1 fully saturated rings. The highest BCUT2D eigenvalue weighted by Gasteiger charge is 2.46. The molecule has 1 N–H and O–H groups in total. The van der Waals surface area contributed by atoms with Gasteiger partial charge in [0, 0.05) is 18.5 Å². The van der Waals surface area contributed by atoms with Crippen molar-refractivity contribution in [2.24, 2.45) is 0 Å². The molecule has 1 saturated heterocycles. The molecule has 5 rings (SSSR count). The molecule has 0 spiro atoms. The third-order valence-corrected chi connectivity index (χ3v) is 6.74. The van der Waals surface area contributed by atoms with E-state index in [9.17, 15) is 14.7 Å². The van der Waals surface area contributed by atoms with Crippen molar-refractivity contribution >= 4 is 17.4 Å². The molecule has 6 heteroatoms. The van der Waals surface area contributed by atoms with Crippen molar-refractivity contribution in [3.8, 4) is 11.5 Å². The number of nitrogens with zero attached hydrogens (tertiary/aromatic N) is 1. The van der Waals surface area contributed by atoms with Crippen LogP contribution >= 0.6 is 0 Å². The minimum absolute atomic E-state index is 0.0502. The third-order valence-electron chi connectivity index (χ3n) is 6.74. The number of Topliss-reactive ketones (excluding diaryl/α,β-unsaturated/α-hetero) is 1. The van der Waals surface area contributed by atoms with E-state index in [2.05, 4.69) is 6.58 Å². The summed E-state index contributed by atoms with van der Waals surface area (Å²) in [4.78, 5) is 28.2. The highest BCUT2D eigenvalue weighted by Crippen LogP contribution is 2.41. The number of ketones is 1. The summed E-state index contributed by atoms with van der Waals surface area (Å²) in [6, 6.07) is 21.7. The predicted octanol–water partition coefficient (Wildman–Crippen LogP) is 5.24. The van der Waals surface area contributed by atoms with Crippen molar-refractivity contribution < 1.29 is 24.2 Å². The molecule has 0 saturated carbocycles. The van der Waals surface area contributed by atoms with E-state index in [1.807, 2.05) is 61.5 Å². The summed E-state index contributed by atoms with van der Waals surface area (Å²) in [7, 11) is 0. The SMILES string of the molecule is C=CCOc1cccc([C@@H]2/C(=C(\O)c3ccc4c(c3)C[C@@H](C)O4)C(=O)C(=O)N2CCc2ccccc2)c1. The number of hydrogen-bond donors (Lipinski definition) is 1. The molecule has 37 heavy (non-hydrogen) atoms. The van der Waals surface area contributed by atoms with Gasteiger partial charge in [-0.1, -0.05) is 55.1 Å². The van der Waals surface area contributed by atoms with Crippen LogP contribution < -0.4 is 9.47 Å². The van der Waals surface area contributed by atoms with Gasteiger partial charge in [0.05, 0.1) is 11.6 Å². The van der Waals surface area contributed by atoms with Gasteiger partial charge in [-0.2, -0.15) is 0 Å². The summed E-state index contributed by atoms with van der Waals surface area (Å²) >= 11 is 0. The lowest BCUT2D eigenvalue weighted by atomic mass is 9.94. The van der Waals surface area contributed by atoms with Crippen molar-refractivity contribution in [2.45, 2.75) is 31.9 Å². The van der Waals surface area contributed by atoms with E-state index in [-0.39, 0.29) is 17.4 Å². The van der Waals surface area contributed by atoms with E-state index in [0.717, 1.165) is 16.9 Å². The number of hydrogen-bond acceptors (Lipinski definition) is 5. The summed E-state index contributed by atoms with van der Waals surface area (Å²) in [6.45, 7) is 6.32. The van der Waals surface area contributed by atoms with Crippen molar-refractivity contribution in [1.29, 1.82) is 0 Å². The van der Waals surface area contributed by atoms with Crippen LogP contribution in [0.3, 0.4) is 0 Å². The first kappa shape index (κ1) is 24.4. The van der Waals surface area contributed by atoms with Gasteiger partial charge in [0.25, 0.3) is 11.7 Å². The number of fused-ring (bicyclic) bond motifs is 1. The van der Waals surface area contributed by atoms with Crippen LogP contribution in [0.15, 0.2) is 91.0 Å². The Balaban J connectivity index is 1.57. The smallest absolute Gasteiger partial charge is 0.295 e. The molecule has 2 aliphatic rings. The Morgan fingerprint density at radius 2 is 1.92 bits per heavy atom. The second-order valence-electron chi connectivity index (χ2n) is 9.36. The van der Waals surface area contributed by atoms with Gasteiger partial charge >= 0.3 is 0 Å². The molecule has 1 amide bonds. The van der Waals surface area contributed by atoms with Crippen molar-refractivity contribution in [3.63, 3.8) is 0 Å². The van der Waals surface area contributed by atoms with Gasteiger partial charge in [0.15, 0.2) is 0 Å². The van der Waals surface area contributed by atoms with Gasteiger partial charge in [-0.15, -0.1) is 0 Å². The molecule has 3 aromatic rings. The second kappa shape index (κ2) is 10.3. The molecule has 2 aliphatic heterocycles. The van der Waals surface area contributed by atoms with E-state index in [1.165, 1.54) is 0 Å². The maximum atomic E-state index is 13.4. The Hall–Kier alpha value is -4.32. The molecule has 0 bridgehead atoms. The molecule has 6 nitrogen and oxygen atoms in total. The zero-order chi connectivity index (χ0) is 25.9. The number of rotatable bonds is 8. The number of benzene rings is 3. The number of carbonyl (C=O) groups is 2. The molecule has 2 heterocycles. The van der Waals surface area contributed by atoms with E-state index < -0.39 is 17.7 Å². The molecule has 0 radical (unpaired) electrons. The van der Waals surface area contributed by atoms with Crippen molar-refractivity contribution in [2.75, 3.05) is 13.2 Å². The van der Waals surface area contributed by atoms with E-state index >= 15 is 0 Å². The zero-order valence-electron chi connectivity index (χ0n) is 20.7. The van der Waals surface area contributed by atoms with Gasteiger partial charge < -0.3 is 19.5 Å². The fraction of sp³-hybridized carbons (Fsp3) is 0.226. The molecule has 3 aromatic carbocycles. The Labute approximate surface area is 216 Å². The fourth-order valence-corrected chi connectivity index (χ4v) is 5.01. The lowest BCUT2D eigenvalue weighted by molar-refractivity contribution is -0.139. The summed E-state index contributed by atoms with van der Waals surface area (Å²) in [5, 5.41) is 11.4. The van der Waals surface area contributed by atoms with Crippen molar-refractivity contribution in [1.82, 2.24) is 4.90 Å². The second-order valence-corrected chi connectivity index (χ2v) is 9.36. The Morgan fingerprint density at radius 1 is 1.11 bits per heavy atom. The van der Waals surface area contributed by atoms with Gasteiger partial charge in [-0.05, 0) is 60.4 Å². The molecule has 0 unspecified atom stereocenters. The lowest BCUT2D eigenvalue weighted by Gasteiger charge is -2.26. The van der Waals surface area contributed by atoms with E-state index in [4.69, 9.17) is 9.47 Å². The minimum Gasteiger partial charge on any atom is -0.507 e. The topological polar surface area (TPSA) is 76.1 Å². The summed E-state index contributed by atoms with van der Waals surface area (Å²) < 4.78 is 11.5. The number of aliphatic hydroxyl groups is 1. The number of amides is 1. The maximum Gasteiger partial charge on any atom is 0.295 e. The quantitative estimate of drug-likeness (QED) is 0.200. The number of carbonyl (C=O) groups excluding carboxylic acids is 2. The zero-order valence-corrected chi connectivity index (χ0v) is 20.7. The molecule has 188 valence electrons. The Bertz CT molecular complexity index is 1380. The van der Waals surface area contributed by atoms with Gasteiger partial charge in [-0.25, -0.2) is 0 Å². The van der Waals surface area contributed by atoms with Crippen molar-refractivity contribution in [3.05, 3.63) is 113 Å². The minimum atomic E-state index is -0.751. The summed E-state index contributed by atoms with van der Waals surface area (Å²) in [5.74, 6) is -0.146. The lowest BCUT2D eigenvalue weighted by Crippen LogP contribution is -2.31. The first-order valence-electron chi connectivity index (χ1n) is 12.4. The Morgan fingerprint density at radius 3 is 2.70 bits per heavy atom. The molecule has 0 aromatic heterocycles. The number of ether oxygens (including phenoxy) is 2. The van der Waals surface area contributed by atoms with Gasteiger partial charge in [0.1, 0.15) is 30.0 Å². The monoisotopic (exact) mass is 495 g/mol. The summed E-state index contributed by atoms with van der Waals surface area (Å²) in [6.07, 6.45) is 2.99. The first-order valence-corrected chi connectivity index (χ1v) is 12.4. The standard InChI is InChI=1S/C31H29NO5/c1-3-16-36-25-11-7-10-22(19-25)28-27(29(33)23-12-13-26-24(18-23)17-20(2)37-26)30(34)31(35)32(28)15-14-21-8-5-4-6-9-21/h3-13,18-20,28,33H,1,14-17H2,2H3/b29-27+/t20-,28-/m1/s1.